The number of ether oxygens (including phenoxy) is 1. The van der Waals surface area contributed by atoms with Gasteiger partial charge in [0.15, 0.2) is 5.76 Å². The van der Waals surface area contributed by atoms with E-state index in [2.05, 4.69) is 10.4 Å². The zero-order valence-electron chi connectivity index (χ0n) is 16.8. The summed E-state index contributed by atoms with van der Waals surface area (Å²) in [5.41, 5.74) is 1.27. The van der Waals surface area contributed by atoms with Gasteiger partial charge in [-0.25, -0.2) is 4.79 Å². The fraction of sp³-hybridized carbons (Fsp3) is 0.350. The average molecular weight is 444 g/mol. The van der Waals surface area contributed by atoms with Crippen LogP contribution in [0.4, 0.5) is 10.7 Å². The Morgan fingerprint density at radius 1 is 1.35 bits per heavy atom. The summed E-state index contributed by atoms with van der Waals surface area (Å²) in [6.07, 6.45) is 6.14. The monoisotopic (exact) mass is 444 g/mol. The lowest BCUT2D eigenvalue weighted by atomic mass is 9.95. The first kappa shape index (κ1) is 20.8. The normalized spacial score (nSPS) is 12.9. The number of anilines is 1. The molecule has 11 heteroatoms. The number of carbonyl (C=O) groups is 2. The lowest BCUT2D eigenvalue weighted by Gasteiger charge is -2.12. The number of aromatic nitrogens is 2. The zero-order valence-corrected chi connectivity index (χ0v) is 17.6. The van der Waals surface area contributed by atoms with E-state index in [9.17, 15) is 19.7 Å². The van der Waals surface area contributed by atoms with Crippen LogP contribution >= 0.6 is 11.3 Å². The van der Waals surface area contributed by atoms with Crippen molar-refractivity contribution in [3.63, 3.8) is 0 Å². The van der Waals surface area contributed by atoms with Gasteiger partial charge >= 0.3 is 11.7 Å². The average Bonchev–Trinajstić information content (AvgIpc) is 3.46. The highest BCUT2D eigenvalue weighted by Gasteiger charge is 2.28. The van der Waals surface area contributed by atoms with Gasteiger partial charge in [0.25, 0.3) is 5.91 Å². The molecule has 1 aliphatic rings. The standard InChI is InChI=1S/C20H20N4O6S/c1-2-29-20(26)17-14-5-3-4-6-16(14)31-19(17)22-18(25)15-8-7-13(30-15)11-23-10-12(9-21-23)24(27)28/h7-10H,2-6,11H2,1H3,(H,22,25). The van der Waals surface area contributed by atoms with Crippen molar-refractivity contribution in [2.75, 3.05) is 11.9 Å². The number of hydrogen-bond acceptors (Lipinski definition) is 8. The maximum absolute atomic E-state index is 12.8. The van der Waals surface area contributed by atoms with Gasteiger partial charge in [0.1, 0.15) is 23.2 Å². The first-order valence-electron chi connectivity index (χ1n) is 9.84. The number of aryl methyl sites for hydroxylation is 1. The number of furan rings is 1. The van der Waals surface area contributed by atoms with E-state index in [4.69, 9.17) is 9.15 Å². The number of hydrogen-bond donors (Lipinski definition) is 1. The maximum Gasteiger partial charge on any atom is 0.341 e. The van der Waals surface area contributed by atoms with Crippen molar-refractivity contribution in [2.24, 2.45) is 0 Å². The van der Waals surface area contributed by atoms with Gasteiger partial charge in [0, 0.05) is 4.88 Å². The predicted octanol–water partition coefficient (Wildman–Crippen LogP) is 3.80. The van der Waals surface area contributed by atoms with Crippen LogP contribution in [0.3, 0.4) is 0 Å². The summed E-state index contributed by atoms with van der Waals surface area (Å²) in [7, 11) is 0. The van der Waals surface area contributed by atoms with Gasteiger partial charge in [-0.1, -0.05) is 0 Å². The summed E-state index contributed by atoms with van der Waals surface area (Å²) in [5.74, 6) is -0.434. The van der Waals surface area contributed by atoms with Gasteiger partial charge in [-0.15, -0.1) is 11.3 Å². The Morgan fingerprint density at radius 3 is 2.90 bits per heavy atom. The van der Waals surface area contributed by atoms with Crippen LogP contribution in [0.1, 0.15) is 56.9 Å². The van der Waals surface area contributed by atoms with Crippen molar-refractivity contribution >= 4 is 33.9 Å². The van der Waals surface area contributed by atoms with Crippen molar-refractivity contribution in [1.29, 1.82) is 0 Å². The third-order valence-corrected chi connectivity index (χ3v) is 6.12. The van der Waals surface area contributed by atoms with Crippen LogP contribution in [0.5, 0.6) is 0 Å². The molecule has 0 bridgehead atoms. The summed E-state index contributed by atoms with van der Waals surface area (Å²) in [6.45, 7) is 2.14. The molecule has 1 amide bonds. The highest BCUT2D eigenvalue weighted by molar-refractivity contribution is 7.17. The van der Waals surface area contributed by atoms with E-state index in [0.717, 1.165) is 42.3 Å². The van der Waals surface area contributed by atoms with E-state index in [0.29, 0.717) is 16.3 Å². The van der Waals surface area contributed by atoms with Gasteiger partial charge in [0.05, 0.1) is 23.6 Å². The van der Waals surface area contributed by atoms with E-state index in [-0.39, 0.29) is 24.6 Å². The third kappa shape index (κ3) is 4.36. The van der Waals surface area contributed by atoms with Crippen molar-refractivity contribution in [3.8, 4) is 0 Å². The SMILES string of the molecule is CCOC(=O)c1c(NC(=O)c2ccc(Cn3cc([N+](=O)[O-])cn3)o2)sc2c1CCCC2. The van der Waals surface area contributed by atoms with E-state index in [1.807, 2.05) is 0 Å². The molecule has 1 aliphatic carbocycles. The van der Waals surface area contributed by atoms with E-state index in [1.54, 1.807) is 13.0 Å². The highest BCUT2D eigenvalue weighted by atomic mass is 32.1. The van der Waals surface area contributed by atoms with Crippen LogP contribution in [0.25, 0.3) is 0 Å². The van der Waals surface area contributed by atoms with Crippen LogP contribution < -0.4 is 5.32 Å². The van der Waals surface area contributed by atoms with Crippen LogP contribution in [-0.2, 0) is 24.1 Å². The number of nitro groups is 1. The number of amides is 1. The summed E-state index contributed by atoms with van der Waals surface area (Å²) >= 11 is 1.40. The number of fused-ring (bicyclic) bond motifs is 1. The van der Waals surface area contributed by atoms with Crippen LogP contribution in [-0.4, -0.2) is 33.2 Å². The molecule has 0 saturated heterocycles. The van der Waals surface area contributed by atoms with Crippen molar-refractivity contribution in [1.82, 2.24) is 9.78 Å². The molecule has 1 N–H and O–H groups in total. The first-order valence-corrected chi connectivity index (χ1v) is 10.7. The number of carbonyl (C=O) groups excluding carboxylic acids is 2. The Labute approximate surface area is 181 Å². The van der Waals surface area contributed by atoms with Gasteiger partial charge in [-0.3, -0.25) is 19.6 Å². The van der Waals surface area contributed by atoms with E-state index >= 15 is 0 Å². The fourth-order valence-corrected chi connectivity index (χ4v) is 4.79. The molecule has 3 heterocycles. The smallest absolute Gasteiger partial charge is 0.341 e. The zero-order chi connectivity index (χ0) is 22.0. The molecule has 0 atom stereocenters. The van der Waals surface area contributed by atoms with Gasteiger partial charge in [-0.05, 0) is 50.3 Å². The summed E-state index contributed by atoms with van der Waals surface area (Å²) in [6, 6.07) is 3.12. The fourth-order valence-electron chi connectivity index (χ4n) is 3.52. The van der Waals surface area contributed by atoms with Crippen LogP contribution in [0.15, 0.2) is 28.9 Å². The molecule has 0 radical (unpaired) electrons. The summed E-state index contributed by atoms with van der Waals surface area (Å²) in [4.78, 5) is 36.6. The number of nitrogens with zero attached hydrogens (tertiary/aromatic N) is 3. The van der Waals surface area contributed by atoms with Crippen LogP contribution in [0.2, 0.25) is 0 Å². The second-order valence-electron chi connectivity index (χ2n) is 7.01. The Balaban J connectivity index is 1.51. The van der Waals surface area contributed by atoms with Crippen molar-refractivity contribution < 1.29 is 23.7 Å². The minimum atomic E-state index is -0.535. The van der Waals surface area contributed by atoms with Gasteiger partial charge < -0.3 is 14.5 Å². The molecule has 10 nitrogen and oxygen atoms in total. The molecule has 3 aromatic heterocycles. The molecule has 0 fully saturated rings. The molecule has 0 spiro atoms. The molecule has 0 aromatic carbocycles. The minimum Gasteiger partial charge on any atom is -0.462 e. The molecular weight excluding hydrogens is 424 g/mol. The Morgan fingerprint density at radius 2 is 2.16 bits per heavy atom. The van der Waals surface area contributed by atoms with E-state index < -0.39 is 16.8 Å². The van der Waals surface area contributed by atoms with Gasteiger partial charge in [0.2, 0.25) is 0 Å². The summed E-state index contributed by atoms with van der Waals surface area (Å²) in [5, 5.41) is 17.9. The third-order valence-electron chi connectivity index (χ3n) is 4.91. The molecule has 3 aromatic rings. The molecule has 31 heavy (non-hydrogen) atoms. The van der Waals surface area contributed by atoms with Gasteiger partial charge in [-0.2, -0.15) is 5.10 Å². The first-order chi connectivity index (χ1) is 15.0. The van der Waals surface area contributed by atoms with Crippen molar-refractivity contribution in [3.05, 3.63) is 62.2 Å². The topological polar surface area (TPSA) is 130 Å². The Kier molecular flexibility index (Phi) is 5.85. The maximum atomic E-state index is 12.8. The Hall–Kier alpha value is -3.47. The number of thiophene rings is 1. The molecule has 0 aliphatic heterocycles. The number of esters is 1. The van der Waals surface area contributed by atoms with Crippen LogP contribution in [0, 0.1) is 10.1 Å². The molecule has 162 valence electrons. The second-order valence-corrected chi connectivity index (χ2v) is 8.11. The highest BCUT2D eigenvalue weighted by Crippen LogP contribution is 2.38. The lowest BCUT2D eigenvalue weighted by Crippen LogP contribution is -2.15. The largest absolute Gasteiger partial charge is 0.462 e. The minimum absolute atomic E-state index is 0.0674. The molecule has 4 rings (SSSR count). The molecule has 0 saturated carbocycles. The Bertz CT molecular complexity index is 1140. The molecule has 0 unspecified atom stereocenters. The van der Waals surface area contributed by atoms with E-state index in [1.165, 1.54) is 28.3 Å². The molecular formula is C20H20N4O6S. The quantitative estimate of drug-likeness (QED) is 0.333. The number of rotatable bonds is 7. The van der Waals surface area contributed by atoms with Crippen molar-refractivity contribution in [2.45, 2.75) is 39.2 Å². The lowest BCUT2D eigenvalue weighted by molar-refractivity contribution is -0.385. The number of nitrogens with one attached hydrogen (secondary N) is 1. The summed E-state index contributed by atoms with van der Waals surface area (Å²) < 4.78 is 12.1. The second kappa shape index (κ2) is 8.72. The predicted molar refractivity (Wildman–Crippen MR) is 112 cm³/mol.